The van der Waals surface area contributed by atoms with Crippen molar-refractivity contribution in [2.75, 3.05) is 6.61 Å². The minimum atomic E-state index is 0.278. The summed E-state index contributed by atoms with van der Waals surface area (Å²) >= 11 is 0. The maximum Gasteiger partial charge on any atom is 0.119 e. The molecule has 0 amide bonds. The molecule has 3 N–H and O–H groups in total. The van der Waals surface area contributed by atoms with Gasteiger partial charge in [-0.15, -0.1) is 0 Å². The zero-order valence-electron chi connectivity index (χ0n) is 12.6. The molecular formula is C17H28N2O. The lowest BCUT2D eigenvalue weighted by Gasteiger charge is -2.30. The molecule has 1 atom stereocenters. The second-order valence-electron chi connectivity index (χ2n) is 5.81. The first-order chi connectivity index (χ1) is 9.85. The number of hydrogen-bond donors (Lipinski definition) is 2. The third-order valence-electron chi connectivity index (χ3n) is 4.31. The summed E-state index contributed by atoms with van der Waals surface area (Å²) in [5.41, 5.74) is 4.30. The van der Waals surface area contributed by atoms with E-state index in [-0.39, 0.29) is 6.04 Å². The van der Waals surface area contributed by atoms with E-state index in [1.54, 1.807) is 0 Å². The Hall–Kier alpha value is -1.06. The van der Waals surface area contributed by atoms with E-state index in [2.05, 4.69) is 36.6 Å². The molecule has 0 spiro atoms. The van der Waals surface area contributed by atoms with Gasteiger partial charge in [-0.2, -0.15) is 0 Å². The van der Waals surface area contributed by atoms with Gasteiger partial charge in [0, 0.05) is 6.04 Å². The molecule has 1 aromatic carbocycles. The molecule has 3 nitrogen and oxygen atoms in total. The number of rotatable bonds is 7. The average Bonchev–Trinajstić information content (AvgIpc) is 2.51. The average molecular weight is 276 g/mol. The summed E-state index contributed by atoms with van der Waals surface area (Å²) in [5, 5.41) is 0. The minimum Gasteiger partial charge on any atom is -0.494 e. The third-order valence-corrected chi connectivity index (χ3v) is 4.31. The highest BCUT2D eigenvalue weighted by Gasteiger charge is 2.23. The number of nitrogens with one attached hydrogen (secondary N) is 1. The molecule has 112 valence electrons. The quantitative estimate of drug-likeness (QED) is 0.450. The van der Waals surface area contributed by atoms with E-state index >= 15 is 0 Å². The molecule has 20 heavy (non-hydrogen) atoms. The Morgan fingerprint density at radius 2 is 1.90 bits per heavy atom. The minimum absolute atomic E-state index is 0.278. The Balaban J connectivity index is 1.95. The fourth-order valence-electron chi connectivity index (χ4n) is 3.08. The molecule has 3 heteroatoms. The molecule has 2 rings (SSSR count). The summed E-state index contributed by atoms with van der Waals surface area (Å²) in [5.74, 6) is 7.42. The van der Waals surface area contributed by atoms with Crippen molar-refractivity contribution in [3.8, 4) is 5.75 Å². The van der Waals surface area contributed by atoms with Crippen LogP contribution in [0.3, 0.4) is 0 Å². The lowest BCUT2D eigenvalue weighted by atomic mass is 9.81. The van der Waals surface area contributed by atoms with Crippen LogP contribution in [-0.2, 0) is 0 Å². The van der Waals surface area contributed by atoms with E-state index in [0.717, 1.165) is 18.8 Å². The molecule has 0 saturated heterocycles. The van der Waals surface area contributed by atoms with Gasteiger partial charge in [-0.05, 0) is 42.9 Å². The van der Waals surface area contributed by atoms with Crippen molar-refractivity contribution in [1.82, 2.24) is 5.43 Å². The van der Waals surface area contributed by atoms with Crippen molar-refractivity contribution >= 4 is 0 Å². The molecule has 1 aromatic rings. The van der Waals surface area contributed by atoms with Crippen LogP contribution in [-0.4, -0.2) is 6.61 Å². The highest BCUT2D eigenvalue weighted by molar-refractivity contribution is 5.29. The van der Waals surface area contributed by atoms with Gasteiger partial charge in [-0.25, -0.2) is 0 Å². The smallest absolute Gasteiger partial charge is 0.119 e. The topological polar surface area (TPSA) is 47.3 Å². The van der Waals surface area contributed by atoms with Crippen LogP contribution >= 0.6 is 0 Å². The molecule has 1 aliphatic rings. The monoisotopic (exact) mass is 276 g/mol. The summed E-state index contributed by atoms with van der Waals surface area (Å²) < 4.78 is 5.71. The second kappa shape index (κ2) is 8.28. The first-order valence-electron chi connectivity index (χ1n) is 8.04. The number of hydrogen-bond acceptors (Lipinski definition) is 3. The maximum atomic E-state index is 5.79. The van der Waals surface area contributed by atoms with Crippen LogP contribution in [0.4, 0.5) is 0 Å². The molecule has 0 aliphatic heterocycles. The summed E-state index contributed by atoms with van der Waals surface area (Å²) in [6.07, 6.45) is 8.88. The first-order valence-corrected chi connectivity index (χ1v) is 8.04. The van der Waals surface area contributed by atoms with E-state index in [1.165, 1.54) is 44.1 Å². The number of ether oxygens (including phenoxy) is 1. The molecule has 0 aromatic heterocycles. The molecular weight excluding hydrogens is 248 g/mol. The molecule has 1 fully saturated rings. The van der Waals surface area contributed by atoms with Crippen LogP contribution in [0.2, 0.25) is 0 Å². The molecule has 1 saturated carbocycles. The van der Waals surface area contributed by atoms with Crippen molar-refractivity contribution in [2.24, 2.45) is 11.8 Å². The Morgan fingerprint density at radius 1 is 1.20 bits per heavy atom. The first kappa shape index (κ1) is 15.3. The van der Waals surface area contributed by atoms with Crippen LogP contribution in [0.1, 0.15) is 63.5 Å². The number of benzene rings is 1. The number of nitrogens with two attached hydrogens (primary N) is 1. The van der Waals surface area contributed by atoms with Crippen molar-refractivity contribution in [1.29, 1.82) is 0 Å². The van der Waals surface area contributed by atoms with Crippen molar-refractivity contribution in [3.05, 3.63) is 29.8 Å². The largest absolute Gasteiger partial charge is 0.494 e. The van der Waals surface area contributed by atoms with Crippen LogP contribution in [0.15, 0.2) is 24.3 Å². The van der Waals surface area contributed by atoms with Crippen LogP contribution < -0.4 is 16.0 Å². The summed E-state index contributed by atoms with van der Waals surface area (Å²) in [4.78, 5) is 0. The van der Waals surface area contributed by atoms with Gasteiger partial charge in [0.1, 0.15) is 5.75 Å². The van der Waals surface area contributed by atoms with E-state index in [4.69, 9.17) is 10.6 Å². The summed E-state index contributed by atoms with van der Waals surface area (Å²) in [6.45, 7) is 2.98. The van der Waals surface area contributed by atoms with Gasteiger partial charge >= 0.3 is 0 Å². The molecule has 0 radical (unpaired) electrons. The molecule has 1 aliphatic carbocycles. The maximum absolute atomic E-state index is 5.79. The van der Waals surface area contributed by atoms with Crippen LogP contribution in [0.25, 0.3) is 0 Å². The zero-order valence-corrected chi connectivity index (χ0v) is 12.6. The zero-order chi connectivity index (χ0) is 14.2. The van der Waals surface area contributed by atoms with Gasteiger partial charge < -0.3 is 4.74 Å². The summed E-state index contributed by atoms with van der Waals surface area (Å²) in [7, 11) is 0. The Kier molecular flexibility index (Phi) is 6.34. The SMILES string of the molecule is CCCCOc1ccc(C(NN)C2CCCCC2)cc1. The molecule has 0 bridgehead atoms. The highest BCUT2D eigenvalue weighted by atomic mass is 16.5. The van der Waals surface area contributed by atoms with Crippen LogP contribution in [0, 0.1) is 5.92 Å². The standard InChI is InChI=1S/C17H28N2O/c1-2-3-13-20-16-11-9-15(10-12-16)17(19-18)14-7-5-4-6-8-14/h9-12,14,17,19H,2-8,13,18H2,1H3. The van der Waals surface area contributed by atoms with Gasteiger partial charge in [0.25, 0.3) is 0 Å². The van der Waals surface area contributed by atoms with Gasteiger partial charge in [-0.1, -0.05) is 44.7 Å². The fourth-order valence-corrected chi connectivity index (χ4v) is 3.08. The van der Waals surface area contributed by atoms with E-state index in [9.17, 15) is 0 Å². The van der Waals surface area contributed by atoms with Gasteiger partial charge in [0.15, 0.2) is 0 Å². The fraction of sp³-hybridized carbons (Fsp3) is 0.647. The lowest BCUT2D eigenvalue weighted by Crippen LogP contribution is -2.34. The molecule has 0 heterocycles. The van der Waals surface area contributed by atoms with Gasteiger partial charge in [0.05, 0.1) is 6.61 Å². The summed E-state index contributed by atoms with van der Waals surface area (Å²) in [6, 6.07) is 8.72. The Bertz CT molecular complexity index is 371. The number of hydrazine groups is 1. The normalized spacial score (nSPS) is 17.9. The van der Waals surface area contributed by atoms with Gasteiger partial charge in [-0.3, -0.25) is 11.3 Å². The van der Waals surface area contributed by atoms with Crippen molar-refractivity contribution in [2.45, 2.75) is 57.9 Å². The number of unbranched alkanes of at least 4 members (excludes halogenated alkanes) is 1. The van der Waals surface area contributed by atoms with Crippen molar-refractivity contribution < 1.29 is 4.74 Å². The van der Waals surface area contributed by atoms with E-state index in [1.807, 2.05) is 0 Å². The second-order valence-corrected chi connectivity index (χ2v) is 5.81. The Labute approximate surface area is 122 Å². The predicted molar refractivity (Wildman–Crippen MR) is 83.5 cm³/mol. The third kappa shape index (κ3) is 4.22. The van der Waals surface area contributed by atoms with E-state index < -0.39 is 0 Å². The lowest BCUT2D eigenvalue weighted by molar-refractivity contribution is 0.273. The molecule has 1 unspecified atom stereocenters. The van der Waals surface area contributed by atoms with Gasteiger partial charge in [0.2, 0.25) is 0 Å². The van der Waals surface area contributed by atoms with E-state index in [0.29, 0.717) is 5.92 Å². The predicted octanol–water partition coefficient (Wildman–Crippen LogP) is 3.95. The van der Waals surface area contributed by atoms with Crippen molar-refractivity contribution in [3.63, 3.8) is 0 Å². The van der Waals surface area contributed by atoms with Crippen LogP contribution in [0.5, 0.6) is 5.75 Å². The Morgan fingerprint density at radius 3 is 2.50 bits per heavy atom. The highest BCUT2D eigenvalue weighted by Crippen LogP contribution is 2.34.